The van der Waals surface area contributed by atoms with E-state index < -0.39 is 41.2 Å². The number of nitrogens with one attached hydrogen (secondary N) is 1. The molecule has 4 atom stereocenters. The van der Waals surface area contributed by atoms with Gasteiger partial charge in [0.2, 0.25) is 5.91 Å². The molecule has 3 unspecified atom stereocenters. The van der Waals surface area contributed by atoms with Gasteiger partial charge < -0.3 is 24.8 Å². The Balaban J connectivity index is 1.43. The van der Waals surface area contributed by atoms with E-state index in [1.165, 1.54) is 42.0 Å². The van der Waals surface area contributed by atoms with E-state index >= 15 is 0 Å². The molecule has 2 aromatic carbocycles. The monoisotopic (exact) mass is 564 g/mol. The van der Waals surface area contributed by atoms with Crippen LogP contribution in [0.5, 0.6) is 0 Å². The largest absolute Gasteiger partial charge is 0.451 e. The van der Waals surface area contributed by atoms with Crippen molar-refractivity contribution in [3.8, 4) is 0 Å². The number of thioether (sulfide) groups is 1. The third-order valence-electron chi connectivity index (χ3n) is 6.79. The van der Waals surface area contributed by atoms with Crippen LogP contribution in [0, 0.1) is 0 Å². The van der Waals surface area contributed by atoms with E-state index in [2.05, 4.69) is 5.32 Å². The van der Waals surface area contributed by atoms with E-state index in [1.54, 1.807) is 5.41 Å². The second kappa shape index (κ2) is 11.4. The molecule has 8 nitrogen and oxygen atoms in total. The summed E-state index contributed by atoms with van der Waals surface area (Å²) in [5, 5.41) is 16.1. The van der Waals surface area contributed by atoms with Crippen molar-refractivity contribution in [3.05, 3.63) is 105 Å². The van der Waals surface area contributed by atoms with E-state index in [0.29, 0.717) is 5.57 Å². The topological polar surface area (TPSA) is 105 Å². The maximum absolute atomic E-state index is 13.8. The predicted molar refractivity (Wildman–Crippen MR) is 149 cm³/mol. The Labute approximate surface area is 234 Å². The van der Waals surface area contributed by atoms with Crippen LogP contribution in [0.25, 0.3) is 0 Å². The molecule has 2 aliphatic rings. The smallest absolute Gasteiger partial charge is 0.334 e. The highest BCUT2D eigenvalue weighted by atomic mass is 32.2. The SMILES string of the molecule is COC1(NC(=O)Cc2cccs2)C(=O)N2C(C(=O)OC(c3ccccc3)c3ccccc3)C(C(C)O)=CS[C@H]21. The Kier molecular flexibility index (Phi) is 7.90. The number of thiophene rings is 1. The number of hydrogen-bond acceptors (Lipinski definition) is 8. The maximum Gasteiger partial charge on any atom is 0.334 e. The van der Waals surface area contributed by atoms with E-state index in [9.17, 15) is 19.5 Å². The van der Waals surface area contributed by atoms with Gasteiger partial charge in [0, 0.05) is 12.0 Å². The minimum absolute atomic E-state index is 0.101. The molecule has 5 rings (SSSR count). The number of aliphatic hydroxyl groups is 1. The number of carbonyl (C=O) groups excluding carboxylic acids is 3. The first-order chi connectivity index (χ1) is 18.9. The number of nitrogens with zero attached hydrogens (tertiary/aromatic N) is 1. The Morgan fingerprint density at radius 1 is 1.05 bits per heavy atom. The van der Waals surface area contributed by atoms with Gasteiger partial charge in [0.05, 0.1) is 12.5 Å². The minimum Gasteiger partial charge on any atom is -0.451 e. The van der Waals surface area contributed by atoms with Crippen molar-refractivity contribution < 1.29 is 29.0 Å². The fourth-order valence-electron chi connectivity index (χ4n) is 4.83. The summed E-state index contributed by atoms with van der Waals surface area (Å²) < 4.78 is 11.7. The molecule has 39 heavy (non-hydrogen) atoms. The Bertz CT molecular complexity index is 1320. The number of fused-ring (bicyclic) bond motifs is 1. The Morgan fingerprint density at radius 3 is 2.23 bits per heavy atom. The van der Waals surface area contributed by atoms with Crippen molar-refractivity contribution in [2.24, 2.45) is 0 Å². The molecule has 3 aromatic rings. The van der Waals surface area contributed by atoms with Gasteiger partial charge in [0.25, 0.3) is 11.6 Å². The Morgan fingerprint density at radius 2 is 1.69 bits per heavy atom. The molecule has 202 valence electrons. The number of carbonyl (C=O) groups is 3. The zero-order chi connectivity index (χ0) is 27.6. The molecular formula is C29H28N2O6S2. The first-order valence-corrected chi connectivity index (χ1v) is 14.2. The van der Waals surface area contributed by atoms with Gasteiger partial charge in [-0.15, -0.1) is 23.1 Å². The summed E-state index contributed by atoms with van der Waals surface area (Å²) in [7, 11) is 1.35. The molecule has 3 heterocycles. The zero-order valence-corrected chi connectivity index (χ0v) is 23.0. The lowest BCUT2D eigenvalue weighted by Crippen LogP contribution is -2.83. The molecule has 10 heteroatoms. The second-order valence-corrected chi connectivity index (χ2v) is 11.3. The first kappa shape index (κ1) is 27.1. The lowest BCUT2D eigenvalue weighted by Gasteiger charge is -2.57. The highest BCUT2D eigenvalue weighted by molar-refractivity contribution is 8.03. The molecule has 0 bridgehead atoms. The van der Waals surface area contributed by atoms with Crippen molar-refractivity contribution in [1.29, 1.82) is 0 Å². The third-order valence-corrected chi connectivity index (χ3v) is 8.89. The number of β-lactam (4-membered cyclic amide) rings is 1. The van der Waals surface area contributed by atoms with Crippen LogP contribution >= 0.6 is 23.1 Å². The van der Waals surface area contributed by atoms with Crippen molar-refractivity contribution in [2.75, 3.05) is 7.11 Å². The van der Waals surface area contributed by atoms with Crippen LogP contribution in [0.2, 0.25) is 0 Å². The first-order valence-electron chi connectivity index (χ1n) is 12.4. The molecule has 1 saturated heterocycles. The lowest BCUT2D eigenvalue weighted by atomic mass is 9.92. The molecule has 2 aliphatic heterocycles. The molecule has 0 saturated carbocycles. The molecule has 0 radical (unpaired) electrons. The summed E-state index contributed by atoms with van der Waals surface area (Å²) in [4.78, 5) is 42.5. The van der Waals surface area contributed by atoms with Crippen molar-refractivity contribution in [3.63, 3.8) is 0 Å². The van der Waals surface area contributed by atoms with Gasteiger partial charge in [-0.1, -0.05) is 66.7 Å². The average Bonchev–Trinajstić information content (AvgIpc) is 3.47. The maximum atomic E-state index is 13.8. The fourth-order valence-corrected chi connectivity index (χ4v) is 6.95. The number of methoxy groups -OCH3 is 1. The second-order valence-electron chi connectivity index (χ2n) is 9.28. The van der Waals surface area contributed by atoms with E-state index in [4.69, 9.17) is 9.47 Å². The van der Waals surface area contributed by atoms with Gasteiger partial charge in [-0.2, -0.15) is 0 Å². The van der Waals surface area contributed by atoms with Gasteiger partial charge in [-0.05, 0) is 40.5 Å². The summed E-state index contributed by atoms with van der Waals surface area (Å²) in [5.41, 5.74) is 0.229. The molecule has 0 aliphatic carbocycles. The number of esters is 1. The predicted octanol–water partition coefficient (Wildman–Crippen LogP) is 3.63. The third kappa shape index (κ3) is 5.12. The molecule has 0 spiro atoms. The summed E-state index contributed by atoms with van der Waals surface area (Å²) in [6.07, 6.45) is -1.64. The van der Waals surface area contributed by atoms with Gasteiger partial charge in [-0.25, -0.2) is 4.79 Å². The fraction of sp³-hybridized carbons (Fsp3) is 0.276. The zero-order valence-electron chi connectivity index (χ0n) is 21.4. The number of amides is 2. The summed E-state index contributed by atoms with van der Waals surface area (Å²) in [5.74, 6) is -1.63. The highest BCUT2D eigenvalue weighted by Crippen LogP contribution is 2.47. The summed E-state index contributed by atoms with van der Waals surface area (Å²) >= 11 is 2.65. The van der Waals surface area contributed by atoms with Crippen LogP contribution in [0.4, 0.5) is 0 Å². The van der Waals surface area contributed by atoms with Gasteiger partial charge in [0.1, 0.15) is 5.37 Å². The standard InChI is InChI=1S/C29H28N2O6S2/c1-18(32)22-17-39-28-29(36-2,30-23(33)16-21-14-9-15-38-21)27(35)31(28)24(22)26(34)37-25(19-10-5-3-6-11-19)20-12-7-4-8-13-20/h3-15,17-18,24-25,28,32H,16H2,1-2H3,(H,30,33)/t18?,24?,28-,29?/m0/s1. The minimum atomic E-state index is -1.64. The van der Waals surface area contributed by atoms with Crippen LogP contribution in [0.1, 0.15) is 29.0 Å². The summed E-state index contributed by atoms with van der Waals surface area (Å²) in [6, 6.07) is 21.2. The highest BCUT2D eigenvalue weighted by Gasteiger charge is 2.68. The van der Waals surface area contributed by atoms with Gasteiger partial charge in [0.15, 0.2) is 12.1 Å². The Hall–Kier alpha value is -3.44. The van der Waals surface area contributed by atoms with Crippen LogP contribution < -0.4 is 5.32 Å². The lowest BCUT2D eigenvalue weighted by molar-refractivity contribution is -0.203. The van der Waals surface area contributed by atoms with Crippen LogP contribution in [0.3, 0.4) is 0 Å². The van der Waals surface area contributed by atoms with Crippen molar-refractivity contribution >= 4 is 40.9 Å². The van der Waals surface area contributed by atoms with Gasteiger partial charge >= 0.3 is 5.97 Å². The molecular weight excluding hydrogens is 536 g/mol. The molecule has 1 fully saturated rings. The molecule has 2 amide bonds. The molecule has 2 N–H and O–H groups in total. The van der Waals surface area contributed by atoms with Crippen LogP contribution in [-0.4, -0.2) is 58.1 Å². The van der Waals surface area contributed by atoms with E-state index in [1.807, 2.05) is 78.2 Å². The normalized spacial score (nSPS) is 22.9. The van der Waals surface area contributed by atoms with E-state index in [0.717, 1.165) is 16.0 Å². The van der Waals surface area contributed by atoms with Crippen molar-refractivity contribution in [1.82, 2.24) is 10.2 Å². The number of aliphatic hydroxyl groups excluding tert-OH is 1. The number of hydrogen-bond donors (Lipinski definition) is 2. The van der Waals surface area contributed by atoms with Crippen LogP contribution in [0.15, 0.2) is 89.2 Å². The molecule has 1 aromatic heterocycles. The van der Waals surface area contributed by atoms with Crippen LogP contribution in [-0.2, 0) is 30.3 Å². The quantitative estimate of drug-likeness (QED) is 0.232. The van der Waals surface area contributed by atoms with Crippen molar-refractivity contribution in [2.45, 2.75) is 42.7 Å². The summed E-state index contributed by atoms with van der Waals surface area (Å²) in [6.45, 7) is 1.54. The van der Waals surface area contributed by atoms with Gasteiger partial charge in [-0.3, -0.25) is 9.59 Å². The number of ether oxygens (including phenoxy) is 2. The number of rotatable bonds is 9. The average molecular weight is 565 g/mol. The number of benzene rings is 2. The van der Waals surface area contributed by atoms with E-state index in [-0.39, 0.29) is 12.3 Å².